The van der Waals surface area contributed by atoms with Gasteiger partial charge < -0.3 is 13.6 Å². The molecule has 4 bridgehead atoms. The molecular weight excluding hydrogens is 521 g/mol. The molecule has 7 nitrogen and oxygen atoms in total. The van der Waals surface area contributed by atoms with Crippen molar-refractivity contribution >= 4 is 24.7 Å². The van der Waals surface area contributed by atoms with E-state index in [1.165, 1.54) is 57.2 Å². The Balaban J connectivity index is 1.31. The number of rotatable bonds is 8. The van der Waals surface area contributed by atoms with Crippen molar-refractivity contribution in [1.29, 1.82) is 0 Å². The van der Waals surface area contributed by atoms with Gasteiger partial charge in [0.2, 0.25) is 0 Å². The van der Waals surface area contributed by atoms with Crippen LogP contribution in [0, 0.1) is 17.8 Å². The Hall–Kier alpha value is -1.79. The molecule has 2 aliphatic carbocycles. The van der Waals surface area contributed by atoms with E-state index in [2.05, 4.69) is 16.8 Å². The Morgan fingerprint density at radius 3 is 2.20 bits per heavy atom. The molecule has 0 spiro atoms. The predicted octanol–water partition coefficient (Wildman–Crippen LogP) is 7.41. The fourth-order valence-electron chi connectivity index (χ4n) is 8.88. The van der Waals surface area contributed by atoms with Gasteiger partial charge in [-0.3, -0.25) is 14.3 Å². The summed E-state index contributed by atoms with van der Waals surface area (Å²) in [7, 11) is -3.44. The fraction of sp³-hybridized carbons (Fsp3) is 0.688. The maximum atomic E-state index is 14.0. The number of nitrogens with zero attached hydrogens (tertiary/aromatic N) is 3. The van der Waals surface area contributed by atoms with Crippen LogP contribution in [-0.2, 0) is 13.6 Å². The molecule has 2 saturated heterocycles. The topological polar surface area (TPSA) is 73.7 Å². The van der Waals surface area contributed by atoms with Crippen molar-refractivity contribution in [3.63, 3.8) is 0 Å². The van der Waals surface area contributed by atoms with Gasteiger partial charge in [0.1, 0.15) is 5.69 Å². The monoisotopic (exact) mass is 567 g/mol. The Kier molecular flexibility index (Phi) is 8.38. The number of hydrogen-bond donors (Lipinski definition) is 0. The van der Waals surface area contributed by atoms with Crippen molar-refractivity contribution in [2.24, 2.45) is 17.8 Å². The molecule has 2 saturated carbocycles. The lowest BCUT2D eigenvalue weighted by Crippen LogP contribution is -2.58. The SMILES string of the molecule is CCOP(=O)(C=Cc1nc2ccccc2n(C2C[C@H]3CCC[C@@H](C2)N3C2C[C@H]3CC(C)C[C@@H](C2)C3)c1=O)OCC. The maximum Gasteiger partial charge on any atom is 0.354 e. The lowest BCUT2D eigenvalue weighted by molar-refractivity contribution is -0.0524. The summed E-state index contributed by atoms with van der Waals surface area (Å²) in [6.45, 7) is 6.54. The zero-order valence-corrected chi connectivity index (χ0v) is 25.3. The highest BCUT2D eigenvalue weighted by Gasteiger charge is 2.46. The minimum atomic E-state index is -3.44. The van der Waals surface area contributed by atoms with Gasteiger partial charge in [-0.15, -0.1) is 0 Å². The Morgan fingerprint density at radius 1 is 0.900 bits per heavy atom. The van der Waals surface area contributed by atoms with Crippen molar-refractivity contribution < 1.29 is 13.6 Å². The number of fused-ring (bicyclic) bond motifs is 5. The highest BCUT2D eigenvalue weighted by molar-refractivity contribution is 7.57. The minimum absolute atomic E-state index is 0.118. The first kappa shape index (κ1) is 28.3. The molecule has 6 rings (SSSR count). The molecule has 1 aromatic carbocycles. The molecule has 3 heterocycles. The molecule has 8 heteroatoms. The summed E-state index contributed by atoms with van der Waals surface area (Å²) in [5.41, 5.74) is 1.85. The molecule has 1 aromatic heterocycles. The Morgan fingerprint density at radius 2 is 1.55 bits per heavy atom. The van der Waals surface area contributed by atoms with E-state index >= 15 is 0 Å². The summed E-state index contributed by atoms with van der Waals surface area (Å²) in [4.78, 5) is 21.7. The fourth-order valence-corrected chi connectivity index (χ4v) is 10.2. The van der Waals surface area contributed by atoms with E-state index in [9.17, 15) is 9.36 Å². The van der Waals surface area contributed by atoms with Gasteiger partial charge in [0.15, 0.2) is 0 Å². The van der Waals surface area contributed by atoms with Gasteiger partial charge in [-0.2, -0.15) is 0 Å². The summed E-state index contributed by atoms with van der Waals surface area (Å²) in [6.07, 6.45) is 14.3. The van der Waals surface area contributed by atoms with Crippen molar-refractivity contribution in [2.75, 3.05) is 13.2 Å². The van der Waals surface area contributed by atoms with Gasteiger partial charge in [-0.05, 0) is 108 Å². The van der Waals surface area contributed by atoms with E-state index in [1.54, 1.807) is 19.9 Å². The van der Waals surface area contributed by atoms with Gasteiger partial charge in [0.25, 0.3) is 5.56 Å². The van der Waals surface area contributed by atoms with Crippen LogP contribution in [0.5, 0.6) is 0 Å². The highest BCUT2D eigenvalue weighted by atomic mass is 31.2. The van der Waals surface area contributed by atoms with Gasteiger partial charge in [0, 0.05) is 30.0 Å². The van der Waals surface area contributed by atoms with Gasteiger partial charge >= 0.3 is 7.60 Å². The molecule has 0 radical (unpaired) electrons. The third-order valence-electron chi connectivity index (χ3n) is 10.00. The van der Waals surface area contributed by atoms with Crippen molar-refractivity contribution in [1.82, 2.24) is 14.5 Å². The molecule has 4 fully saturated rings. The van der Waals surface area contributed by atoms with E-state index < -0.39 is 7.60 Å². The minimum Gasteiger partial charge on any atom is -0.306 e. The summed E-state index contributed by atoms with van der Waals surface area (Å²) < 4.78 is 25.9. The van der Waals surface area contributed by atoms with Crippen molar-refractivity contribution in [3.05, 3.63) is 46.1 Å². The normalized spacial score (nSPS) is 33.0. The van der Waals surface area contributed by atoms with E-state index in [0.29, 0.717) is 23.8 Å². The second-order valence-corrected chi connectivity index (χ2v) is 14.7. The summed E-state index contributed by atoms with van der Waals surface area (Å²) in [5.74, 6) is 4.09. The molecule has 0 amide bonds. The lowest BCUT2D eigenvalue weighted by atomic mass is 9.65. The van der Waals surface area contributed by atoms with E-state index in [0.717, 1.165) is 41.6 Å². The molecule has 7 atom stereocenters. The molecule has 4 aliphatic rings. The zero-order valence-electron chi connectivity index (χ0n) is 24.4. The number of benzene rings is 1. The molecule has 2 aliphatic heterocycles. The van der Waals surface area contributed by atoms with E-state index in [1.807, 2.05) is 28.8 Å². The molecule has 0 N–H and O–H groups in total. The van der Waals surface area contributed by atoms with Crippen molar-refractivity contribution in [3.8, 4) is 0 Å². The Bertz CT molecular complexity index is 1300. The van der Waals surface area contributed by atoms with Crippen LogP contribution in [-0.4, -0.2) is 45.8 Å². The average molecular weight is 568 g/mol. The maximum absolute atomic E-state index is 14.0. The molecular formula is C32H46N3O4P. The molecule has 40 heavy (non-hydrogen) atoms. The molecule has 3 unspecified atom stereocenters. The molecule has 218 valence electrons. The third kappa shape index (κ3) is 5.64. The second-order valence-electron chi connectivity index (χ2n) is 12.8. The number of piperidine rings is 2. The van der Waals surface area contributed by atoms with Crippen LogP contribution >= 0.6 is 7.60 Å². The van der Waals surface area contributed by atoms with E-state index in [-0.39, 0.29) is 24.8 Å². The smallest absolute Gasteiger partial charge is 0.306 e. The summed E-state index contributed by atoms with van der Waals surface area (Å²) in [5, 5.41) is 0. The van der Waals surface area contributed by atoms with Crippen LogP contribution in [0.1, 0.15) is 96.7 Å². The third-order valence-corrected chi connectivity index (χ3v) is 11.7. The Labute approximate surface area is 238 Å². The quantitative estimate of drug-likeness (QED) is 0.309. The first-order valence-corrected chi connectivity index (χ1v) is 17.3. The zero-order chi connectivity index (χ0) is 27.9. The highest BCUT2D eigenvalue weighted by Crippen LogP contribution is 2.50. The van der Waals surface area contributed by atoms with Crippen LogP contribution in [0.4, 0.5) is 0 Å². The predicted molar refractivity (Wildman–Crippen MR) is 160 cm³/mol. The summed E-state index contributed by atoms with van der Waals surface area (Å²) >= 11 is 0. The van der Waals surface area contributed by atoms with Crippen LogP contribution in [0.3, 0.4) is 0 Å². The number of para-hydroxylation sites is 2. The van der Waals surface area contributed by atoms with Crippen LogP contribution < -0.4 is 5.56 Å². The van der Waals surface area contributed by atoms with Crippen LogP contribution in [0.25, 0.3) is 17.1 Å². The van der Waals surface area contributed by atoms with Gasteiger partial charge in [-0.25, -0.2) is 4.98 Å². The van der Waals surface area contributed by atoms with Gasteiger partial charge in [0.05, 0.1) is 24.2 Å². The largest absolute Gasteiger partial charge is 0.354 e. The lowest BCUT2D eigenvalue weighted by Gasteiger charge is -2.55. The second kappa shape index (κ2) is 11.8. The van der Waals surface area contributed by atoms with Crippen LogP contribution in [0.2, 0.25) is 0 Å². The summed E-state index contributed by atoms with van der Waals surface area (Å²) in [6, 6.07) is 9.85. The van der Waals surface area contributed by atoms with E-state index in [4.69, 9.17) is 9.05 Å². The van der Waals surface area contributed by atoms with Gasteiger partial charge in [-0.1, -0.05) is 25.5 Å². The standard InChI is InChI=1S/C32H46N3O4P/c1-4-38-40(37,39-5-2)14-13-30-32(36)35(31-12-7-6-11-29(31)33-30)28-20-25-9-8-10-26(21-28)34(25)27-18-23-15-22(3)16-24(17-23)19-27/h6-7,11-14,22-28H,4-5,8-10,15-21H2,1-3H3/t22?,23-,24+,25-,26+,27?,28?. The molecule has 2 aromatic rings. The van der Waals surface area contributed by atoms with Crippen LogP contribution in [0.15, 0.2) is 34.9 Å². The number of hydrogen-bond acceptors (Lipinski definition) is 6. The first-order chi connectivity index (χ1) is 19.4. The first-order valence-electron chi connectivity index (χ1n) is 15.7. The number of aromatic nitrogens is 2. The average Bonchev–Trinajstić information content (AvgIpc) is 2.91. The van der Waals surface area contributed by atoms with Crippen molar-refractivity contribution in [2.45, 2.75) is 109 Å².